The van der Waals surface area contributed by atoms with E-state index in [2.05, 4.69) is 5.32 Å². The average molecular weight is 429 g/mol. The molecule has 0 spiro atoms. The van der Waals surface area contributed by atoms with Crippen LogP contribution in [0.5, 0.6) is 5.75 Å². The number of ether oxygens (including phenoxy) is 1. The summed E-state index contributed by atoms with van der Waals surface area (Å²) >= 11 is 0. The third-order valence-corrected chi connectivity index (χ3v) is 8.37. The number of benzene rings is 2. The van der Waals surface area contributed by atoms with Crippen molar-refractivity contribution < 1.29 is 17.9 Å². The molecule has 30 heavy (non-hydrogen) atoms. The first-order valence-corrected chi connectivity index (χ1v) is 11.9. The lowest BCUT2D eigenvalue weighted by atomic mass is 9.63. The van der Waals surface area contributed by atoms with Crippen LogP contribution in [0.1, 0.15) is 37.7 Å². The molecule has 0 atom stereocenters. The van der Waals surface area contributed by atoms with Crippen LogP contribution in [-0.4, -0.2) is 44.9 Å². The van der Waals surface area contributed by atoms with Crippen LogP contribution >= 0.6 is 0 Å². The minimum absolute atomic E-state index is 0.000930. The minimum atomic E-state index is -3.54. The van der Waals surface area contributed by atoms with Crippen LogP contribution in [0.15, 0.2) is 59.5 Å². The fraction of sp³-hybridized carbons (Fsp3) is 0.435. The van der Waals surface area contributed by atoms with Gasteiger partial charge in [0.05, 0.1) is 17.4 Å². The Labute approximate surface area is 178 Å². The van der Waals surface area contributed by atoms with Gasteiger partial charge in [-0.05, 0) is 55.5 Å². The second-order valence-corrected chi connectivity index (χ2v) is 10.1. The molecule has 1 amide bonds. The van der Waals surface area contributed by atoms with Gasteiger partial charge in [0.2, 0.25) is 15.9 Å². The summed E-state index contributed by atoms with van der Waals surface area (Å²) in [6.45, 7) is 0.801. The molecule has 160 valence electrons. The first kappa shape index (κ1) is 20.9. The van der Waals surface area contributed by atoms with E-state index in [1.807, 2.05) is 30.3 Å². The molecule has 1 saturated carbocycles. The van der Waals surface area contributed by atoms with Crippen LogP contribution < -0.4 is 10.1 Å². The Kier molecular flexibility index (Phi) is 5.84. The van der Waals surface area contributed by atoms with Crippen LogP contribution in [0.3, 0.4) is 0 Å². The first-order chi connectivity index (χ1) is 14.5. The van der Waals surface area contributed by atoms with Gasteiger partial charge >= 0.3 is 0 Å². The molecule has 4 rings (SSSR count). The summed E-state index contributed by atoms with van der Waals surface area (Å²) in [6.07, 6.45) is 4.03. The number of nitrogens with zero attached hydrogens (tertiary/aromatic N) is 1. The van der Waals surface area contributed by atoms with Gasteiger partial charge in [-0.1, -0.05) is 36.8 Å². The van der Waals surface area contributed by atoms with Gasteiger partial charge in [-0.15, -0.1) is 0 Å². The number of carbonyl (C=O) groups is 1. The quantitative estimate of drug-likeness (QED) is 0.767. The molecule has 0 unspecified atom stereocenters. The van der Waals surface area contributed by atoms with E-state index in [0.717, 1.165) is 24.8 Å². The molecule has 1 N–H and O–H groups in total. The van der Waals surface area contributed by atoms with Gasteiger partial charge in [0.15, 0.2) is 0 Å². The molecular formula is C23H28N2O4S. The number of amides is 1. The van der Waals surface area contributed by atoms with Gasteiger partial charge in [0.25, 0.3) is 0 Å². The van der Waals surface area contributed by atoms with Crippen molar-refractivity contribution in [1.29, 1.82) is 0 Å². The molecule has 2 aromatic carbocycles. The summed E-state index contributed by atoms with van der Waals surface area (Å²) in [5, 5.41) is 3.21. The lowest BCUT2D eigenvalue weighted by Gasteiger charge is -2.42. The first-order valence-electron chi connectivity index (χ1n) is 10.5. The van der Waals surface area contributed by atoms with E-state index < -0.39 is 15.4 Å². The Morgan fingerprint density at radius 3 is 2.20 bits per heavy atom. The Morgan fingerprint density at radius 1 is 1.03 bits per heavy atom. The predicted molar refractivity (Wildman–Crippen MR) is 115 cm³/mol. The van der Waals surface area contributed by atoms with Gasteiger partial charge in [-0.2, -0.15) is 4.31 Å². The van der Waals surface area contributed by atoms with Gasteiger partial charge in [-0.3, -0.25) is 4.79 Å². The largest absolute Gasteiger partial charge is 0.497 e. The number of rotatable bonds is 6. The average Bonchev–Trinajstić information content (AvgIpc) is 2.74. The number of hydrogen-bond acceptors (Lipinski definition) is 4. The topological polar surface area (TPSA) is 75.7 Å². The molecule has 1 aliphatic carbocycles. The van der Waals surface area contributed by atoms with E-state index in [1.54, 1.807) is 31.4 Å². The Bertz CT molecular complexity index is 978. The highest BCUT2D eigenvalue weighted by atomic mass is 32.2. The maximum Gasteiger partial charge on any atom is 0.243 e. The summed E-state index contributed by atoms with van der Waals surface area (Å²) in [6, 6.07) is 16.4. The van der Waals surface area contributed by atoms with Crippen molar-refractivity contribution in [3.05, 3.63) is 60.2 Å². The zero-order valence-electron chi connectivity index (χ0n) is 17.2. The molecule has 1 saturated heterocycles. The van der Waals surface area contributed by atoms with Crippen LogP contribution in [0.2, 0.25) is 0 Å². The van der Waals surface area contributed by atoms with Crippen LogP contribution in [-0.2, 0) is 20.2 Å². The predicted octanol–water partition coefficient (Wildman–Crippen LogP) is 3.09. The third-order valence-electron chi connectivity index (χ3n) is 6.45. The molecule has 1 heterocycles. The molecule has 2 aromatic rings. The molecule has 7 heteroatoms. The maximum atomic E-state index is 13.1. The van der Waals surface area contributed by atoms with E-state index in [4.69, 9.17) is 4.74 Å². The summed E-state index contributed by atoms with van der Waals surface area (Å²) < 4.78 is 32.4. The smallest absolute Gasteiger partial charge is 0.243 e. The fourth-order valence-corrected chi connectivity index (χ4v) is 5.86. The van der Waals surface area contributed by atoms with E-state index in [-0.39, 0.29) is 16.8 Å². The molecule has 2 aliphatic rings. The molecule has 6 nitrogen and oxygen atoms in total. The van der Waals surface area contributed by atoms with E-state index in [9.17, 15) is 13.2 Å². The Hall–Kier alpha value is -2.38. The Balaban J connectivity index is 1.38. The van der Waals surface area contributed by atoms with Crippen LogP contribution in [0.25, 0.3) is 0 Å². The van der Waals surface area contributed by atoms with E-state index in [0.29, 0.717) is 31.7 Å². The van der Waals surface area contributed by atoms with Crippen LogP contribution in [0.4, 0.5) is 0 Å². The molecule has 0 bridgehead atoms. The second-order valence-electron chi connectivity index (χ2n) is 8.13. The number of nitrogens with one attached hydrogen (secondary N) is 1. The van der Waals surface area contributed by atoms with Gasteiger partial charge < -0.3 is 10.1 Å². The van der Waals surface area contributed by atoms with Gasteiger partial charge in [0, 0.05) is 19.1 Å². The van der Waals surface area contributed by atoms with Crippen LogP contribution in [0, 0.1) is 0 Å². The van der Waals surface area contributed by atoms with Crippen molar-refractivity contribution in [2.75, 3.05) is 20.2 Å². The summed E-state index contributed by atoms with van der Waals surface area (Å²) in [5.41, 5.74) is 0.654. The second kappa shape index (κ2) is 8.40. The Morgan fingerprint density at radius 2 is 1.67 bits per heavy atom. The van der Waals surface area contributed by atoms with Crippen molar-refractivity contribution in [2.24, 2.45) is 0 Å². The molecule has 1 aliphatic heterocycles. The van der Waals surface area contributed by atoms with Crippen molar-refractivity contribution in [3.63, 3.8) is 0 Å². The van der Waals surface area contributed by atoms with Crippen molar-refractivity contribution in [2.45, 2.75) is 48.5 Å². The number of hydrogen-bond donors (Lipinski definition) is 1. The lowest BCUT2D eigenvalue weighted by Crippen LogP contribution is -2.54. The SMILES string of the molecule is COc1ccc(S(=O)(=O)N2CCC(NC(=O)C3(c4ccccc4)CCC3)CC2)cc1. The standard InChI is InChI=1S/C23H28N2O4S/c1-29-20-8-10-21(11-9-20)30(27,28)25-16-12-19(13-17-25)24-22(26)23(14-5-15-23)18-6-3-2-4-7-18/h2-4,6-11,19H,5,12-17H2,1H3,(H,24,26). The minimum Gasteiger partial charge on any atom is -0.497 e. The number of piperidine rings is 1. The van der Waals surface area contributed by atoms with Crippen molar-refractivity contribution >= 4 is 15.9 Å². The lowest BCUT2D eigenvalue weighted by molar-refractivity contribution is -0.130. The molecule has 0 radical (unpaired) electrons. The monoisotopic (exact) mass is 428 g/mol. The van der Waals surface area contributed by atoms with Gasteiger partial charge in [0.1, 0.15) is 5.75 Å². The van der Waals surface area contributed by atoms with E-state index in [1.165, 1.54) is 4.31 Å². The fourth-order valence-electron chi connectivity index (χ4n) is 4.40. The molecule has 2 fully saturated rings. The zero-order valence-corrected chi connectivity index (χ0v) is 18.0. The summed E-state index contributed by atoms with van der Waals surface area (Å²) in [4.78, 5) is 13.4. The van der Waals surface area contributed by atoms with Crippen molar-refractivity contribution in [3.8, 4) is 5.75 Å². The third kappa shape index (κ3) is 3.84. The highest BCUT2D eigenvalue weighted by Crippen LogP contribution is 2.44. The van der Waals surface area contributed by atoms with E-state index >= 15 is 0 Å². The highest BCUT2D eigenvalue weighted by molar-refractivity contribution is 7.89. The normalized spacial score (nSPS) is 19.6. The number of sulfonamides is 1. The summed E-state index contributed by atoms with van der Waals surface area (Å²) in [5.74, 6) is 0.704. The van der Waals surface area contributed by atoms with Gasteiger partial charge in [-0.25, -0.2) is 8.42 Å². The van der Waals surface area contributed by atoms with Crippen molar-refractivity contribution in [1.82, 2.24) is 9.62 Å². The number of methoxy groups -OCH3 is 1. The number of carbonyl (C=O) groups excluding carboxylic acids is 1. The highest BCUT2D eigenvalue weighted by Gasteiger charge is 2.46. The zero-order chi connectivity index (χ0) is 21.2. The molecular weight excluding hydrogens is 400 g/mol. The molecule has 0 aromatic heterocycles. The summed E-state index contributed by atoms with van der Waals surface area (Å²) in [7, 11) is -1.99. The maximum absolute atomic E-state index is 13.1.